The number of nitrogens with zero attached hydrogens (tertiary/aromatic N) is 2. The Morgan fingerprint density at radius 1 is 1.28 bits per heavy atom. The average Bonchev–Trinajstić information content (AvgIpc) is 3.19. The second kappa shape index (κ2) is 9.05. The van der Waals surface area contributed by atoms with Gasteiger partial charge in [0.2, 0.25) is 0 Å². The minimum absolute atomic E-state index is 0.0579. The number of fused-ring (bicyclic) bond motifs is 1. The quantitative estimate of drug-likeness (QED) is 0.535. The number of hydrogen-bond acceptors (Lipinski definition) is 5. The van der Waals surface area contributed by atoms with E-state index in [1.807, 2.05) is 18.2 Å². The molecule has 0 bridgehead atoms. The van der Waals surface area contributed by atoms with Crippen LogP contribution < -0.4 is 10.6 Å². The van der Waals surface area contributed by atoms with E-state index < -0.39 is 0 Å². The van der Waals surface area contributed by atoms with Crippen molar-refractivity contribution in [3.8, 4) is 0 Å². The van der Waals surface area contributed by atoms with Gasteiger partial charge < -0.3 is 20.4 Å². The Bertz CT molecular complexity index is 938. The van der Waals surface area contributed by atoms with Crippen LogP contribution in [0.5, 0.6) is 0 Å². The van der Waals surface area contributed by atoms with Gasteiger partial charge in [0.1, 0.15) is 11.6 Å². The number of methoxy groups -OCH3 is 1. The summed E-state index contributed by atoms with van der Waals surface area (Å²) >= 11 is 0. The maximum Gasteiger partial charge on any atom is 0.251 e. The van der Waals surface area contributed by atoms with Crippen molar-refractivity contribution in [2.45, 2.75) is 37.6 Å². The van der Waals surface area contributed by atoms with Crippen LogP contribution in [0.2, 0.25) is 0 Å². The van der Waals surface area contributed by atoms with Gasteiger partial charge in [-0.2, -0.15) is 0 Å². The number of nitrogens with one attached hydrogen (secondary N) is 3. The minimum Gasteiger partial charge on any atom is -0.383 e. The fourth-order valence-electron chi connectivity index (χ4n) is 3.95. The lowest BCUT2D eigenvalue weighted by molar-refractivity contribution is 0.0924. The third-order valence-electron chi connectivity index (χ3n) is 5.44. The monoisotopic (exact) mass is 393 g/mol. The molecule has 1 aliphatic rings. The first-order chi connectivity index (χ1) is 14.2. The Morgan fingerprint density at radius 3 is 3.03 bits per heavy atom. The van der Waals surface area contributed by atoms with Gasteiger partial charge in [0.25, 0.3) is 5.91 Å². The molecule has 3 aromatic rings. The molecule has 0 unspecified atom stereocenters. The second-order valence-electron chi connectivity index (χ2n) is 7.52. The lowest BCUT2D eigenvalue weighted by Gasteiger charge is -2.28. The van der Waals surface area contributed by atoms with Crippen LogP contribution in [-0.2, 0) is 4.74 Å². The van der Waals surface area contributed by atoms with Gasteiger partial charge in [-0.1, -0.05) is 18.6 Å². The van der Waals surface area contributed by atoms with E-state index in [9.17, 15) is 4.79 Å². The maximum atomic E-state index is 12.8. The van der Waals surface area contributed by atoms with Crippen molar-refractivity contribution in [3.05, 3.63) is 54.0 Å². The smallest absolute Gasteiger partial charge is 0.251 e. The SMILES string of the molecule is COCCNc1cc(C(=O)N[C@@H]2CCC[C@H](c3nc4ccccc4[nH]3)C2)ccn1. The van der Waals surface area contributed by atoms with E-state index in [2.05, 4.69) is 26.7 Å². The van der Waals surface area contributed by atoms with Crippen LogP contribution in [0, 0.1) is 0 Å². The number of para-hydroxylation sites is 2. The van der Waals surface area contributed by atoms with Crippen molar-refractivity contribution in [2.75, 3.05) is 25.6 Å². The van der Waals surface area contributed by atoms with Gasteiger partial charge >= 0.3 is 0 Å². The van der Waals surface area contributed by atoms with Crippen LogP contribution in [0.4, 0.5) is 5.82 Å². The van der Waals surface area contributed by atoms with Crippen molar-refractivity contribution in [1.82, 2.24) is 20.3 Å². The highest BCUT2D eigenvalue weighted by Crippen LogP contribution is 2.32. The number of rotatable bonds is 7. The number of H-pyrrole nitrogens is 1. The molecule has 2 heterocycles. The zero-order valence-electron chi connectivity index (χ0n) is 16.6. The lowest BCUT2D eigenvalue weighted by Crippen LogP contribution is -2.38. The molecule has 3 N–H and O–H groups in total. The number of amides is 1. The highest BCUT2D eigenvalue weighted by atomic mass is 16.5. The number of anilines is 1. The van der Waals surface area contributed by atoms with E-state index in [1.165, 1.54) is 0 Å². The third kappa shape index (κ3) is 4.74. The number of pyridine rings is 1. The number of aromatic nitrogens is 3. The Balaban J connectivity index is 1.39. The highest BCUT2D eigenvalue weighted by molar-refractivity contribution is 5.95. The Morgan fingerprint density at radius 2 is 2.17 bits per heavy atom. The summed E-state index contributed by atoms with van der Waals surface area (Å²) in [6.45, 7) is 1.24. The number of carbonyl (C=O) groups is 1. The third-order valence-corrected chi connectivity index (χ3v) is 5.44. The molecule has 1 aromatic carbocycles. The summed E-state index contributed by atoms with van der Waals surface area (Å²) in [5.41, 5.74) is 2.68. The molecule has 1 fully saturated rings. The fraction of sp³-hybridized carbons (Fsp3) is 0.409. The Labute approximate surface area is 170 Å². The van der Waals surface area contributed by atoms with E-state index in [1.54, 1.807) is 25.4 Å². The Hall–Kier alpha value is -2.93. The first-order valence-corrected chi connectivity index (χ1v) is 10.2. The predicted octanol–water partition coefficient (Wildman–Crippen LogP) is 3.47. The van der Waals surface area contributed by atoms with Gasteiger partial charge in [-0.3, -0.25) is 4.79 Å². The standard InChI is InChI=1S/C22H27N5O2/c1-29-12-11-24-20-14-16(9-10-23-20)22(28)25-17-6-4-5-15(13-17)21-26-18-7-2-3-8-19(18)27-21/h2-3,7-10,14-15,17H,4-6,11-13H2,1H3,(H,23,24)(H,25,28)(H,26,27)/t15-,17+/m0/s1. The van der Waals surface area contributed by atoms with E-state index in [0.29, 0.717) is 30.5 Å². The average molecular weight is 393 g/mol. The number of hydrogen-bond donors (Lipinski definition) is 3. The van der Waals surface area contributed by atoms with Crippen molar-refractivity contribution < 1.29 is 9.53 Å². The molecule has 7 heteroatoms. The molecular weight excluding hydrogens is 366 g/mol. The van der Waals surface area contributed by atoms with E-state index in [-0.39, 0.29) is 11.9 Å². The normalized spacial score (nSPS) is 19.2. The number of imidazole rings is 1. The zero-order valence-corrected chi connectivity index (χ0v) is 16.6. The van der Waals surface area contributed by atoms with Gasteiger partial charge in [-0.25, -0.2) is 9.97 Å². The Kier molecular flexibility index (Phi) is 6.05. The van der Waals surface area contributed by atoms with Crippen LogP contribution in [0.15, 0.2) is 42.6 Å². The van der Waals surface area contributed by atoms with Gasteiger partial charge in [-0.15, -0.1) is 0 Å². The van der Waals surface area contributed by atoms with Crippen LogP contribution in [-0.4, -0.2) is 47.2 Å². The predicted molar refractivity (Wildman–Crippen MR) is 113 cm³/mol. The van der Waals surface area contributed by atoms with Gasteiger partial charge in [0.05, 0.1) is 17.6 Å². The maximum absolute atomic E-state index is 12.8. The highest BCUT2D eigenvalue weighted by Gasteiger charge is 2.26. The molecule has 0 radical (unpaired) electrons. The first-order valence-electron chi connectivity index (χ1n) is 10.2. The summed E-state index contributed by atoms with van der Waals surface area (Å²) in [6, 6.07) is 11.8. The molecule has 29 heavy (non-hydrogen) atoms. The molecule has 2 atom stereocenters. The number of aromatic amines is 1. The molecule has 4 rings (SSSR count). The lowest BCUT2D eigenvalue weighted by atomic mass is 9.85. The first kappa shape index (κ1) is 19.4. The summed E-state index contributed by atoms with van der Waals surface area (Å²) < 4.78 is 5.03. The molecule has 152 valence electrons. The summed E-state index contributed by atoms with van der Waals surface area (Å²) in [7, 11) is 1.65. The molecule has 0 spiro atoms. The number of ether oxygens (including phenoxy) is 1. The van der Waals surface area contributed by atoms with Crippen molar-refractivity contribution in [1.29, 1.82) is 0 Å². The van der Waals surface area contributed by atoms with Gasteiger partial charge in [-0.05, 0) is 43.5 Å². The van der Waals surface area contributed by atoms with Crippen LogP contribution in [0.25, 0.3) is 11.0 Å². The summed E-state index contributed by atoms with van der Waals surface area (Å²) in [6.07, 6.45) is 5.71. The summed E-state index contributed by atoms with van der Waals surface area (Å²) in [4.78, 5) is 25.2. The number of carbonyl (C=O) groups excluding carboxylic acids is 1. The molecule has 2 aromatic heterocycles. The molecule has 0 aliphatic heterocycles. The number of benzene rings is 1. The van der Waals surface area contributed by atoms with Crippen LogP contribution in [0.3, 0.4) is 0 Å². The molecular formula is C22H27N5O2. The van der Waals surface area contributed by atoms with Gasteiger partial charge in [0, 0.05) is 37.4 Å². The molecule has 1 aliphatic carbocycles. The summed E-state index contributed by atoms with van der Waals surface area (Å²) in [5.74, 6) is 1.99. The largest absolute Gasteiger partial charge is 0.383 e. The zero-order chi connectivity index (χ0) is 20.1. The fourth-order valence-corrected chi connectivity index (χ4v) is 3.95. The topological polar surface area (TPSA) is 91.9 Å². The molecule has 7 nitrogen and oxygen atoms in total. The van der Waals surface area contributed by atoms with E-state index >= 15 is 0 Å². The van der Waals surface area contributed by atoms with E-state index in [0.717, 1.165) is 42.5 Å². The second-order valence-corrected chi connectivity index (χ2v) is 7.52. The minimum atomic E-state index is -0.0579. The van der Waals surface area contributed by atoms with Crippen molar-refractivity contribution in [2.24, 2.45) is 0 Å². The summed E-state index contributed by atoms with van der Waals surface area (Å²) in [5, 5.41) is 6.36. The van der Waals surface area contributed by atoms with Crippen LogP contribution in [0.1, 0.15) is 47.8 Å². The van der Waals surface area contributed by atoms with Crippen molar-refractivity contribution in [3.63, 3.8) is 0 Å². The van der Waals surface area contributed by atoms with Crippen LogP contribution >= 0.6 is 0 Å². The van der Waals surface area contributed by atoms with Crippen molar-refractivity contribution >= 4 is 22.8 Å². The van der Waals surface area contributed by atoms with E-state index in [4.69, 9.17) is 9.72 Å². The van der Waals surface area contributed by atoms with Gasteiger partial charge in [0.15, 0.2) is 0 Å². The molecule has 1 saturated carbocycles. The molecule has 0 saturated heterocycles. The molecule has 1 amide bonds.